The topological polar surface area (TPSA) is 97.7 Å². The van der Waals surface area contributed by atoms with Crippen molar-refractivity contribution in [2.45, 2.75) is 32.5 Å². The van der Waals surface area contributed by atoms with Crippen molar-refractivity contribution in [3.05, 3.63) is 29.3 Å². The average molecular weight is 362 g/mol. The Bertz CT molecular complexity index is 767. The van der Waals surface area contributed by atoms with Crippen molar-refractivity contribution in [1.29, 1.82) is 0 Å². The molecule has 0 aromatic heterocycles. The van der Waals surface area contributed by atoms with Gasteiger partial charge in [-0.25, -0.2) is 9.59 Å². The fraction of sp³-hybridized carbons (Fsp3) is 0.500. The Kier molecular flexibility index (Phi) is 4.52. The zero-order valence-electron chi connectivity index (χ0n) is 15.2. The summed E-state index contributed by atoms with van der Waals surface area (Å²) in [5.74, 6) is -0.932. The van der Waals surface area contributed by atoms with Crippen molar-refractivity contribution in [3.8, 4) is 5.75 Å². The molecule has 0 bridgehead atoms. The fourth-order valence-electron chi connectivity index (χ4n) is 3.11. The molecule has 1 aromatic rings. The van der Waals surface area contributed by atoms with Crippen LogP contribution in [0.1, 0.15) is 36.7 Å². The SMILES string of the molecule is COc1ccc(C2=NOC3CN(C(=O)OC(C)(C)C)CC23)cc1C(=O)O. The molecule has 8 nitrogen and oxygen atoms in total. The first-order valence-electron chi connectivity index (χ1n) is 8.33. The van der Waals surface area contributed by atoms with Gasteiger partial charge in [0.15, 0.2) is 6.10 Å². The van der Waals surface area contributed by atoms with Gasteiger partial charge in [0.2, 0.25) is 0 Å². The first-order valence-corrected chi connectivity index (χ1v) is 8.33. The third kappa shape index (κ3) is 3.44. The lowest BCUT2D eigenvalue weighted by Crippen LogP contribution is -2.36. The van der Waals surface area contributed by atoms with E-state index in [1.165, 1.54) is 13.2 Å². The van der Waals surface area contributed by atoms with Crippen molar-refractivity contribution in [2.75, 3.05) is 20.2 Å². The molecule has 1 fully saturated rings. The zero-order chi connectivity index (χ0) is 19.1. The van der Waals surface area contributed by atoms with Gasteiger partial charge in [-0.05, 0) is 39.0 Å². The van der Waals surface area contributed by atoms with Crippen molar-refractivity contribution in [1.82, 2.24) is 4.90 Å². The molecule has 8 heteroatoms. The quantitative estimate of drug-likeness (QED) is 0.886. The number of carbonyl (C=O) groups excluding carboxylic acids is 1. The number of ether oxygens (including phenoxy) is 2. The Morgan fingerprint density at radius 3 is 2.65 bits per heavy atom. The largest absolute Gasteiger partial charge is 0.496 e. The monoisotopic (exact) mass is 362 g/mol. The maximum Gasteiger partial charge on any atom is 0.410 e. The number of aromatic carboxylic acids is 1. The minimum atomic E-state index is -1.08. The summed E-state index contributed by atoms with van der Waals surface area (Å²) >= 11 is 0. The van der Waals surface area contributed by atoms with E-state index in [-0.39, 0.29) is 23.3 Å². The Morgan fingerprint density at radius 1 is 1.31 bits per heavy atom. The number of amides is 1. The summed E-state index contributed by atoms with van der Waals surface area (Å²) < 4.78 is 10.5. The van der Waals surface area contributed by atoms with E-state index in [1.807, 2.05) is 20.8 Å². The highest BCUT2D eigenvalue weighted by atomic mass is 16.6. The molecule has 0 radical (unpaired) electrons. The molecule has 0 saturated carbocycles. The maximum absolute atomic E-state index is 12.3. The van der Waals surface area contributed by atoms with Crippen molar-refractivity contribution in [2.24, 2.45) is 11.1 Å². The van der Waals surface area contributed by atoms with Gasteiger partial charge >= 0.3 is 12.1 Å². The second-order valence-electron chi connectivity index (χ2n) is 7.33. The predicted octanol–water partition coefficient (Wildman–Crippen LogP) is 2.36. The van der Waals surface area contributed by atoms with E-state index in [0.717, 1.165) is 0 Å². The first kappa shape index (κ1) is 18.0. The zero-order valence-corrected chi connectivity index (χ0v) is 15.2. The lowest BCUT2D eigenvalue weighted by Gasteiger charge is -2.24. The number of fused-ring (bicyclic) bond motifs is 1. The minimum absolute atomic E-state index is 0.0538. The number of nitrogens with zero attached hydrogens (tertiary/aromatic N) is 2. The molecule has 2 unspecified atom stereocenters. The predicted molar refractivity (Wildman–Crippen MR) is 92.7 cm³/mol. The molecule has 2 aliphatic heterocycles. The van der Waals surface area contributed by atoms with E-state index in [4.69, 9.17) is 14.3 Å². The third-order valence-corrected chi connectivity index (χ3v) is 4.28. The molecule has 26 heavy (non-hydrogen) atoms. The van der Waals surface area contributed by atoms with Crippen molar-refractivity contribution < 1.29 is 29.0 Å². The molecule has 2 aliphatic rings. The van der Waals surface area contributed by atoms with Gasteiger partial charge in [0, 0.05) is 12.1 Å². The molecule has 2 heterocycles. The normalized spacial score (nSPS) is 21.7. The van der Waals surface area contributed by atoms with Crippen LogP contribution in [-0.2, 0) is 9.57 Å². The molecule has 0 spiro atoms. The summed E-state index contributed by atoms with van der Waals surface area (Å²) in [7, 11) is 1.42. The molecule has 140 valence electrons. The summed E-state index contributed by atoms with van der Waals surface area (Å²) in [6.45, 7) is 6.24. The van der Waals surface area contributed by atoms with Crippen LogP contribution in [0, 0.1) is 5.92 Å². The maximum atomic E-state index is 12.3. The number of carboxylic acids is 1. The Hall–Kier alpha value is -2.77. The standard InChI is InChI=1S/C18H22N2O6/c1-18(2,3)25-17(23)20-8-12-14(9-20)26-19-15(12)10-5-6-13(24-4)11(7-10)16(21)22/h5-7,12,14H,8-9H2,1-4H3,(H,21,22). The summed E-state index contributed by atoms with van der Waals surface area (Å²) in [6.07, 6.45) is -0.649. The summed E-state index contributed by atoms with van der Waals surface area (Å²) in [4.78, 5) is 30.8. The van der Waals surface area contributed by atoms with E-state index < -0.39 is 17.7 Å². The van der Waals surface area contributed by atoms with E-state index >= 15 is 0 Å². The molecule has 2 atom stereocenters. The van der Waals surface area contributed by atoms with Crippen LogP contribution in [-0.4, -0.2) is 59.7 Å². The summed E-state index contributed by atoms with van der Waals surface area (Å²) in [5, 5.41) is 13.5. The molecule has 1 N–H and O–H groups in total. The fourth-order valence-corrected chi connectivity index (χ4v) is 3.11. The molecule has 1 aromatic carbocycles. The average Bonchev–Trinajstić information content (AvgIpc) is 3.13. The molecular formula is C18H22N2O6. The number of rotatable bonds is 3. The number of methoxy groups -OCH3 is 1. The van der Waals surface area contributed by atoms with E-state index in [2.05, 4.69) is 5.16 Å². The van der Waals surface area contributed by atoms with Gasteiger partial charge in [-0.1, -0.05) is 5.16 Å². The van der Waals surface area contributed by atoms with E-state index in [1.54, 1.807) is 17.0 Å². The van der Waals surface area contributed by atoms with Crippen molar-refractivity contribution >= 4 is 17.8 Å². The van der Waals surface area contributed by atoms with Crippen LogP contribution in [0.5, 0.6) is 5.75 Å². The van der Waals surface area contributed by atoms with Gasteiger partial charge in [0.05, 0.1) is 25.3 Å². The number of carboxylic acid groups (broad SMARTS) is 1. The molecule has 3 rings (SSSR count). The minimum Gasteiger partial charge on any atom is -0.496 e. The Labute approximate surface area is 151 Å². The second-order valence-corrected chi connectivity index (χ2v) is 7.33. The number of likely N-dealkylation sites (tertiary alicyclic amines) is 1. The molecule has 1 amide bonds. The van der Waals surface area contributed by atoms with Crippen LogP contribution in [0.4, 0.5) is 4.79 Å². The Morgan fingerprint density at radius 2 is 2.04 bits per heavy atom. The van der Waals surface area contributed by atoms with Gasteiger partial charge in [-0.2, -0.15) is 0 Å². The van der Waals surface area contributed by atoms with Crippen LogP contribution in [0.3, 0.4) is 0 Å². The Balaban J connectivity index is 1.79. The number of benzene rings is 1. The van der Waals surface area contributed by atoms with Crippen LogP contribution < -0.4 is 4.74 Å². The highest BCUT2D eigenvalue weighted by Crippen LogP contribution is 2.32. The second kappa shape index (κ2) is 6.51. The highest BCUT2D eigenvalue weighted by Gasteiger charge is 2.45. The van der Waals surface area contributed by atoms with Crippen LogP contribution >= 0.6 is 0 Å². The van der Waals surface area contributed by atoms with Gasteiger partial charge in [0.25, 0.3) is 0 Å². The molecule has 0 aliphatic carbocycles. The van der Waals surface area contributed by atoms with Gasteiger partial charge in [-0.3, -0.25) is 0 Å². The summed E-state index contributed by atoms with van der Waals surface area (Å²) in [6, 6.07) is 4.85. The molecule has 1 saturated heterocycles. The van der Waals surface area contributed by atoms with E-state index in [0.29, 0.717) is 24.4 Å². The number of oxime groups is 1. The van der Waals surface area contributed by atoms with Crippen molar-refractivity contribution in [3.63, 3.8) is 0 Å². The smallest absolute Gasteiger partial charge is 0.410 e. The lowest BCUT2D eigenvalue weighted by atomic mass is 9.93. The number of hydrogen-bond acceptors (Lipinski definition) is 6. The number of carbonyl (C=O) groups is 2. The van der Waals surface area contributed by atoms with Gasteiger partial charge in [0.1, 0.15) is 16.9 Å². The highest BCUT2D eigenvalue weighted by molar-refractivity contribution is 6.05. The number of hydrogen-bond donors (Lipinski definition) is 1. The van der Waals surface area contributed by atoms with Crippen LogP contribution in [0.25, 0.3) is 0 Å². The van der Waals surface area contributed by atoms with Gasteiger partial charge in [-0.15, -0.1) is 0 Å². The van der Waals surface area contributed by atoms with Gasteiger partial charge < -0.3 is 24.3 Å². The van der Waals surface area contributed by atoms with Crippen LogP contribution in [0.15, 0.2) is 23.4 Å². The van der Waals surface area contributed by atoms with E-state index in [9.17, 15) is 14.7 Å². The molecular weight excluding hydrogens is 340 g/mol. The lowest BCUT2D eigenvalue weighted by molar-refractivity contribution is 0.0228. The first-order chi connectivity index (χ1) is 12.2. The summed E-state index contributed by atoms with van der Waals surface area (Å²) in [5.41, 5.74) is 0.755. The van der Waals surface area contributed by atoms with Crippen LogP contribution in [0.2, 0.25) is 0 Å². The third-order valence-electron chi connectivity index (χ3n) is 4.28.